The van der Waals surface area contributed by atoms with Crippen molar-refractivity contribution in [2.45, 2.75) is 12.3 Å². The maximum absolute atomic E-state index is 12.4. The molecule has 20 heavy (non-hydrogen) atoms. The van der Waals surface area contributed by atoms with Gasteiger partial charge >= 0.3 is 5.97 Å². The molecule has 0 spiro atoms. The molecule has 1 saturated carbocycles. The summed E-state index contributed by atoms with van der Waals surface area (Å²) >= 11 is 0. The molecule has 0 aromatic heterocycles. The number of benzene rings is 1. The third-order valence-electron chi connectivity index (χ3n) is 3.68. The zero-order valence-electron chi connectivity index (χ0n) is 11.7. The minimum absolute atomic E-state index is 0.0384. The molecule has 2 rings (SSSR count). The van der Waals surface area contributed by atoms with Crippen LogP contribution in [0.5, 0.6) is 0 Å². The second kappa shape index (κ2) is 6.05. The lowest BCUT2D eigenvalue weighted by molar-refractivity contribution is -0.138. The summed E-state index contributed by atoms with van der Waals surface area (Å²) in [5, 5.41) is 9.03. The van der Waals surface area contributed by atoms with Crippen LogP contribution in [0.4, 0.5) is 0 Å². The molecule has 1 aromatic carbocycles. The Kier molecular flexibility index (Phi) is 4.39. The van der Waals surface area contributed by atoms with E-state index in [9.17, 15) is 9.59 Å². The molecule has 1 N–H and O–H groups in total. The van der Waals surface area contributed by atoms with Crippen molar-refractivity contribution >= 4 is 11.9 Å². The van der Waals surface area contributed by atoms with Crippen molar-refractivity contribution < 1.29 is 19.4 Å². The van der Waals surface area contributed by atoms with Crippen LogP contribution in [-0.4, -0.2) is 49.2 Å². The number of methoxy groups -OCH3 is 1. The van der Waals surface area contributed by atoms with Crippen LogP contribution in [0.15, 0.2) is 24.3 Å². The van der Waals surface area contributed by atoms with Crippen LogP contribution in [0.2, 0.25) is 0 Å². The second-order valence-corrected chi connectivity index (χ2v) is 5.09. The number of hydrogen-bond acceptors (Lipinski definition) is 3. The minimum atomic E-state index is -0.787. The van der Waals surface area contributed by atoms with Crippen molar-refractivity contribution in [3.63, 3.8) is 0 Å². The van der Waals surface area contributed by atoms with E-state index >= 15 is 0 Å². The van der Waals surface area contributed by atoms with Gasteiger partial charge in [-0.1, -0.05) is 18.2 Å². The Morgan fingerprint density at radius 2 is 2.10 bits per heavy atom. The van der Waals surface area contributed by atoms with Crippen LogP contribution < -0.4 is 0 Å². The first-order chi connectivity index (χ1) is 9.56. The molecule has 0 heterocycles. The molecule has 108 valence electrons. The summed E-state index contributed by atoms with van der Waals surface area (Å²) in [6.45, 7) is 0.988. The van der Waals surface area contributed by atoms with Crippen LogP contribution in [0, 0.1) is 5.92 Å². The van der Waals surface area contributed by atoms with Gasteiger partial charge in [0.05, 0.1) is 12.5 Å². The minimum Gasteiger partial charge on any atom is -0.481 e. The lowest BCUT2D eigenvalue weighted by atomic mass is 10.0. The van der Waals surface area contributed by atoms with Gasteiger partial charge in [-0.3, -0.25) is 9.59 Å². The third kappa shape index (κ3) is 2.99. The van der Waals surface area contributed by atoms with E-state index in [1.165, 1.54) is 0 Å². The van der Waals surface area contributed by atoms with Crippen molar-refractivity contribution in [1.82, 2.24) is 4.90 Å². The number of rotatable bonds is 6. The Bertz CT molecular complexity index is 514. The van der Waals surface area contributed by atoms with Crippen molar-refractivity contribution in [2.24, 2.45) is 5.92 Å². The normalized spacial score (nSPS) is 20.5. The lowest BCUT2D eigenvalue weighted by Gasteiger charge is -2.18. The number of aliphatic carboxylic acids is 1. The summed E-state index contributed by atoms with van der Waals surface area (Å²) in [6, 6.07) is 7.26. The molecule has 0 aliphatic heterocycles. The molecule has 5 heteroatoms. The van der Waals surface area contributed by atoms with Crippen LogP contribution >= 0.6 is 0 Å². The van der Waals surface area contributed by atoms with Gasteiger partial charge in [-0.05, 0) is 24.0 Å². The van der Waals surface area contributed by atoms with Gasteiger partial charge in [-0.2, -0.15) is 0 Å². The first-order valence-electron chi connectivity index (χ1n) is 6.62. The Hall–Kier alpha value is -1.88. The maximum Gasteiger partial charge on any atom is 0.307 e. The quantitative estimate of drug-likeness (QED) is 0.857. The summed E-state index contributed by atoms with van der Waals surface area (Å²) in [5.41, 5.74) is 1.44. The van der Waals surface area contributed by atoms with E-state index in [0.717, 1.165) is 5.56 Å². The number of carbonyl (C=O) groups excluding carboxylic acids is 1. The van der Waals surface area contributed by atoms with E-state index in [1.807, 2.05) is 12.1 Å². The molecule has 0 bridgehead atoms. The molecule has 1 aromatic rings. The average molecular weight is 277 g/mol. The molecule has 1 aliphatic rings. The number of carboxylic acids is 1. The number of ether oxygens (including phenoxy) is 1. The van der Waals surface area contributed by atoms with E-state index in [0.29, 0.717) is 25.1 Å². The highest BCUT2D eigenvalue weighted by Gasteiger charge is 2.45. The van der Waals surface area contributed by atoms with E-state index in [2.05, 4.69) is 0 Å². The Balaban J connectivity index is 2.16. The topological polar surface area (TPSA) is 66.8 Å². The number of nitrogens with zero attached hydrogens (tertiary/aromatic N) is 1. The highest BCUT2D eigenvalue weighted by atomic mass is 16.5. The third-order valence-corrected chi connectivity index (χ3v) is 3.68. The molecule has 1 fully saturated rings. The highest BCUT2D eigenvalue weighted by Crippen LogP contribution is 2.48. The maximum atomic E-state index is 12.4. The van der Waals surface area contributed by atoms with E-state index in [1.54, 1.807) is 31.2 Å². The average Bonchev–Trinajstić information content (AvgIpc) is 3.24. The summed E-state index contributed by atoms with van der Waals surface area (Å²) < 4.78 is 4.97. The largest absolute Gasteiger partial charge is 0.481 e. The fourth-order valence-corrected chi connectivity index (χ4v) is 2.36. The smallest absolute Gasteiger partial charge is 0.307 e. The Morgan fingerprint density at radius 1 is 1.40 bits per heavy atom. The second-order valence-electron chi connectivity index (χ2n) is 5.09. The van der Waals surface area contributed by atoms with Gasteiger partial charge in [0.2, 0.25) is 0 Å². The molecule has 2 atom stereocenters. The molecule has 5 nitrogen and oxygen atoms in total. The predicted molar refractivity (Wildman–Crippen MR) is 73.8 cm³/mol. The summed E-state index contributed by atoms with van der Waals surface area (Å²) in [6.07, 6.45) is 0.613. The highest BCUT2D eigenvalue weighted by molar-refractivity contribution is 5.96. The zero-order valence-corrected chi connectivity index (χ0v) is 11.7. The number of likely N-dealkylation sites (N-methyl/N-ethyl adjacent to an activating group) is 1. The number of carbonyl (C=O) groups is 2. The van der Waals surface area contributed by atoms with Crippen molar-refractivity contribution in [2.75, 3.05) is 27.3 Å². The van der Waals surface area contributed by atoms with Crippen LogP contribution in [0.1, 0.15) is 28.3 Å². The van der Waals surface area contributed by atoms with Crippen LogP contribution in [0.25, 0.3) is 0 Å². The molecular formula is C15H19NO4. The van der Waals surface area contributed by atoms with E-state index in [4.69, 9.17) is 9.84 Å². The number of amides is 1. The van der Waals surface area contributed by atoms with E-state index in [-0.39, 0.29) is 17.7 Å². The zero-order chi connectivity index (χ0) is 14.7. The van der Waals surface area contributed by atoms with Gasteiger partial charge < -0.3 is 14.7 Å². The van der Waals surface area contributed by atoms with Crippen molar-refractivity contribution in [1.29, 1.82) is 0 Å². The van der Waals surface area contributed by atoms with Gasteiger partial charge in [0.25, 0.3) is 5.91 Å². The summed E-state index contributed by atoms with van der Waals surface area (Å²) in [4.78, 5) is 25.0. The van der Waals surface area contributed by atoms with E-state index < -0.39 is 5.97 Å². The Labute approximate surface area is 118 Å². The number of hydrogen-bond donors (Lipinski definition) is 1. The van der Waals surface area contributed by atoms with Crippen molar-refractivity contribution in [3.8, 4) is 0 Å². The monoisotopic (exact) mass is 277 g/mol. The Morgan fingerprint density at radius 3 is 2.70 bits per heavy atom. The van der Waals surface area contributed by atoms with Crippen molar-refractivity contribution in [3.05, 3.63) is 35.4 Å². The molecular weight excluding hydrogens is 258 g/mol. The standard InChI is InChI=1S/C15H19NO4/c1-16(7-8-20-2)14(17)11-6-4-3-5-10(11)12-9-13(12)15(18)19/h3-6,12-13H,7-9H2,1-2H3,(H,18,19). The van der Waals surface area contributed by atoms with Gasteiger partial charge in [0.15, 0.2) is 0 Å². The van der Waals surface area contributed by atoms with Crippen LogP contribution in [-0.2, 0) is 9.53 Å². The van der Waals surface area contributed by atoms with Gasteiger partial charge in [-0.25, -0.2) is 0 Å². The summed E-state index contributed by atoms with van der Waals surface area (Å²) in [5.74, 6) is -1.27. The SMILES string of the molecule is COCCN(C)C(=O)c1ccccc1C1CC1C(=O)O. The number of carboxylic acid groups (broad SMARTS) is 1. The first kappa shape index (κ1) is 14.5. The van der Waals surface area contributed by atoms with Crippen LogP contribution in [0.3, 0.4) is 0 Å². The molecule has 2 unspecified atom stereocenters. The summed E-state index contributed by atoms with van der Waals surface area (Å²) in [7, 11) is 3.31. The lowest BCUT2D eigenvalue weighted by Crippen LogP contribution is -2.30. The fraction of sp³-hybridized carbons (Fsp3) is 0.467. The van der Waals surface area contributed by atoms with Gasteiger partial charge in [0, 0.05) is 26.3 Å². The predicted octanol–water partition coefficient (Wildman–Crippen LogP) is 1.59. The van der Waals surface area contributed by atoms with Gasteiger partial charge in [-0.15, -0.1) is 0 Å². The fourth-order valence-electron chi connectivity index (χ4n) is 2.36. The molecule has 0 radical (unpaired) electrons. The molecule has 1 amide bonds. The van der Waals surface area contributed by atoms with Gasteiger partial charge in [0.1, 0.15) is 0 Å². The molecule has 0 saturated heterocycles. The molecule has 1 aliphatic carbocycles. The first-order valence-corrected chi connectivity index (χ1v) is 6.62.